The lowest BCUT2D eigenvalue weighted by molar-refractivity contribution is 0.305. The standard InChI is InChI=1S/C14H17NO3S/c16-10-4-3-7-13-6-1-2-8-14(13)12-15-9-5-11-19(15,17)18/h1-2,6,8,16H,4-5,9-12H2. The minimum Gasteiger partial charge on any atom is -0.395 e. The van der Waals surface area contributed by atoms with E-state index in [0.29, 0.717) is 25.9 Å². The third-order valence-electron chi connectivity index (χ3n) is 3.03. The molecule has 0 unspecified atom stereocenters. The van der Waals surface area contributed by atoms with Gasteiger partial charge in [0.1, 0.15) is 0 Å². The van der Waals surface area contributed by atoms with Gasteiger partial charge in [-0.05, 0) is 18.1 Å². The second kappa shape index (κ2) is 6.20. The van der Waals surface area contributed by atoms with Crippen LogP contribution in [0.3, 0.4) is 0 Å². The van der Waals surface area contributed by atoms with Crippen LogP contribution >= 0.6 is 0 Å². The molecule has 1 saturated heterocycles. The summed E-state index contributed by atoms with van der Waals surface area (Å²) >= 11 is 0. The molecule has 1 heterocycles. The molecule has 1 aliphatic rings. The maximum Gasteiger partial charge on any atom is 0.214 e. The highest BCUT2D eigenvalue weighted by atomic mass is 32.2. The third kappa shape index (κ3) is 3.57. The van der Waals surface area contributed by atoms with E-state index in [1.54, 1.807) is 0 Å². The fourth-order valence-corrected chi connectivity index (χ4v) is 3.55. The van der Waals surface area contributed by atoms with Crippen LogP contribution in [-0.2, 0) is 16.6 Å². The van der Waals surface area contributed by atoms with Gasteiger partial charge in [0.25, 0.3) is 0 Å². The van der Waals surface area contributed by atoms with Crippen molar-refractivity contribution < 1.29 is 13.5 Å². The van der Waals surface area contributed by atoms with Crippen molar-refractivity contribution in [1.82, 2.24) is 4.31 Å². The smallest absolute Gasteiger partial charge is 0.214 e. The van der Waals surface area contributed by atoms with Gasteiger partial charge in [-0.2, -0.15) is 4.31 Å². The van der Waals surface area contributed by atoms with Crippen molar-refractivity contribution in [3.63, 3.8) is 0 Å². The Morgan fingerprint density at radius 2 is 2.11 bits per heavy atom. The fourth-order valence-electron chi connectivity index (χ4n) is 2.05. The molecule has 19 heavy (non-hydrogen) atoms. The molecule has 102 valence electrons. The van der Waals surface area contributed by atoms with Crippen molar-refractivity contribution in [2.24, 2.45) is 0 Å². The van der Waals surface area contributed by atoms with E-state index in [1.807, 2.05) is 24.3 Å². The number of aliphatic hydroxyl groups is 1. The number of nitrogens with zero attached hydrogens (tertiary/aromatic N) is 1. The van der Waals surface area contributed by atoms with E-state index in [4.69, 9.17) is 5.11 Å². The summed E-state index contributed by atoms with van der Waals surface area (Å²) in [7, 11) is -3.08. The topological polar surface area (TPSA) is 57.6 Å². The van der Waals surface area contributed by atoms with Gasteiger partial charge in [0, 0.05) is 25.1 Å². The summed E-state index contributed by atoms with van der Waals surface area (Å²) < 4.78 is 25.1. The Bertz CT molecular complexity index is 599. The molecule has 0 radical (unpaired) electrons. The van der Waals surface area contributed by atoms with Crippen molar-refractivity contribution in [2.75, 3.05) is 18.9 Å². The lowest BCUT2D eigenvalue weighted by Crippen LogP contribution is -2.25. The highest BCUT2D eigenvalue weighted by Gasteiger charge is 2.28. The summed E-state index contributed by atoms with van der Waals surface area (Å²) in [6, 6.07) is 7.54. The molecule has 0 bridgehead atoms. The van der Waals surface area contributed by atoms with Gasteiger partial charge in [0.05, 0.1) is 12.4 Å². The van der Waals surface area contributed by atoms with Crippen LogP contribution < -0.4 is 0 Å². The van der Waals surface area contributed by atoms with Crippen LogP contribution in [0.25, 0.3) is 0 Å². The first-order chi connectivity index (χ1) is 9.13. The number of hydrogen-bond donors (Lipinski definition) is 1. The molecule has 1 aromatic rings. The monoisotopic (exact) mass is 279 g/mol. The molecule has 0 spiro atoms. The van der Waals surface area contributed by atoms with Gasteiger partial charge in [-0.3, -0.25) is 0 Å². The molecule has 1 N–H and O–H groups in total. The van der Waals surface area contributed by atoms with Crippen molar-refractivity contribution >= 4 is 10.0 Å². The molecule has 1 fully saturated rings. The minimum absolute atomic E-state index is 0.0374. The molecule has 0 amide bonds. The summed E-state index contributed by atoms with van der Waals surface area (Å²) in [5, 5.41) is 8.72. The normalized spacial score (nSPS) is 17.9. The molecule has 0 aliphatic carbocycles. The third-order valence-corrected chi connectivity index (χ3v) is 4.93. The Balaban J connectivity index is 2.19. The number of benzene rings is 1. The van der Waals surface area contributed by atoms with Gasteiger partial charge in [-0.25, -0.2) is 8.42 Å². The summed E-state index contributed by atoms with van der Waals surface area (Å²) in [4.78, 5) is 0. The second-order valence-electron chi connectivity index (χ2n) is 4.44. The SMILES string of the molecule is O=S1(=O)CCCN1Cc1ccccc1C#CCCO. The Labute approximate surface area is 114 Å². The van der Waals surface area contributed by atoms with Crippen LogP contribution in [0.1, 0.15) is 24.0 Å². The van der Waals surface area contributed by atoms with E-state index in [9.17, 15) is 8.42 Å². The van der Waals surface area contributed by atoms with Gasteiger partial charge in [0.15, 0.2) is 0 Å². The number of sulfonamides is 1. The van der Waals surface area contributed by atoms with Gasteiger partial charge in [0.2, 0.25) is 10.0 Å². The molecule has 1 aromatic carbocycles. The van der Waals surface area contributed by atoms with Gasteiger partial charge in [-0.1, -0.05) is 30.0 Å². The van der Waals surface area contributed by atoms with Crippen molar-refractivity contribution in [1.29, 1.82) is 0 Å². The summed E-state index contributed by atoms with van der Waals surface area (Å²) in [6.45, 7) is 1.00. The molecular formula is C14H17NO3S. The molecule has 0 atom stereocenters. The van der Waals surface area contributed by atoms with Crippen LogP contribution in [0.2, 0.25) is 0 Å². The Hall–Kier alpha value is -1.35. The zero-order chi connectivity index (χ0) is 13.7. The van der Waals surface area contributed by atoms with E-state index in [1.165, 1.54) is 4.31 Å². The lowest BCUT2D eigenvalue weighted by Gasteiger charge is -2.15. The van der Waals surface area contributed by atoms with Crippen LogP contribution in [-0.4, -0.2) is 36.7 Å². The minimum atomic E-state index is -3.08. The van der Waals surface area contributed by atoms with E-state index >= 15 is 0 Å². The quantitative estimate of drug-likeness (QED) is 0.838. The molecule has 5 heteroatoms. The highest BCUT2D eigenvalue weighted by Crippen LogP contribution is 2.19. The van der Waals surface area contributed by atoms with E-state index in [-0.39, 0.29) is 12.4 Å². The van der Waals surface area contributed by atoms with Gasteiger partial charge < -0.3 is 5.11 Å². The van der Waals surface area contributed by atoms with Crippen LogP contribution in [0.4, 0.5) is 0 Å². The van der Waals surface area contributed by atoms with Crippen LogP contribution in [0, 0.1) is 11.8 Å². The van der Waals surface area contributed by atoms with Crippen molar-refractivity contribution in [3.8, 4) is 11.8 Å². The predicted octanol–water partition coefficient (Wildman–Crippen LogP) is 0.956. The molecule has 4 nitrogen and oxygen atoms in total. The molecule has 2 rings (SSSR count). The highest BCUT2D eigenvalue weighted by molar-refractivity contribution is 7.89. The molecule has 0 aromatic heterocycles. The Kier molecular flexibility index (Phi) is 4.59. The van der Waals surface area contributed by atoms with Gasteiger partial charge in [-0.15, -0.1) is 0 Å². The molecule has 1 aliphatic heterocycles. The molecule has 0 saturated carbocycles. The van der Waals surface area contributed by atoms with Crippen LogP contribution in [0.5, 0.6) is 0 Å². The first-order valence-corrected chi connectivity index (χ1v) is 7.90. The van der Waals surface area contributed by atoms with E-state index < -0.39 is 10.0 Å². The number of hydrogen-bond acceptors (Lipinski definition) is 3. The summed E-state index contributed by atoms with van der Waals surface area (Å²) in [5.41, 5.74) is 1.75. The number of aliphatic hydroxyl groups excluding tert-OH is 1. The fraction of sp³-hybridized carbons (Fsp3) is 0.429. The summed E-state index contributed by atoms with van der Waals surface area (Å²) in [5.74, 6) is 6.09. The first kappa shape index (κ1) is 14.1. The largest absolute Gasteiger partial charge is 0.395 e. The zero-order valence-electron chi connectivity index (χ0n) is 10.7. The second-order valence-corrected chi connectivity index (χ2v) is 6.52. The predicted molar refractivity (Wildman–Crippen MR) is 73.8 cm³/mol. The van der Waals surface area contributed by atoms with Gasteiger partial charge >= 0.3 is 0 Å². The average molecular weight is 279 g/mol. The zero-order valence-corrected chi connectivity index (χ0v) is 11.5. The Morgan fingerprint density at radius 3 is 2.79 bits per heavy atom. The van der Waals surface area contributed by atoms with Crippen LogP contribution in [0.15, 0.2) is 24.3 Å². The molecular weight excluding hydrogens is 262 g/mol. The van der Waals surface area contributed by atoms with Crippen molar-refractivity contribution in [2.45, 2.75) is 19.4 Å². The number of rotatable bonds is 3. The van der Waals surface area contributed by atoms with E-state index in [0.717, 1.165) is 11.1 Å². The summed E-state index contributed by atoms with van der Waals surface area (Å²) in [6.07, 6.45) is 1.12. The van der Waals surface area contributed by atoms with Crippen molar-refractivity contribution in [3.05, 3.63) is 35.4 Å². The lowest BCUT2D eigenvalue weighted by atomic mass is 10.1. The maximum atomic E-state index is 11.8. The first-order valence-electron chi connectivity index (χ1n) is 6.29. The Morgan fingerprint density at radius 1 is 1.32 bits per heavy atom. The van der Waals surface area contributed by atoms with E-state index in [2.05, 4.69) is 11.8 Å². The average Bonchev–Trinajstić information content (AvgIpc) is 2.71. The maximum absolute atomic E-state index is 11.8.